The van der Waals surface area contributed by atoms with Crippen LogP contribution >= 0.6 is 23.4 Å². The van der Waals surface area contributed by atoms with E-state index in [1.165, 1.54) is 17.0 Å². The molecule has 2 aromatic rings. The van der Waals surface area contributed by atoms with E-state index in [-0.39, 0.29) is 5.82 Å². The highest BCUT2D eigenvalue weighted by atomic mass is 35.5. The molecule has 0 saturated carbocycles. The van der Waals surface area contributed by atoms with Crippen molar-refractivity contribution in [2.75, 3.05) is 11.6 Å². The summed E-state index contributed by atoms with van der Waals surface area (Å²) in [6.07, 6.45) is 2.04. The van der Waals surface area contributed by atoms with Crippen molar-refractivity contribution in [2.45, 2.75) is 11.4 Å². The van der Waals surface area contributed by atoms with E-state index in [1.54, 1.807) is 17.8 Å². The van der Waals surface area contributed by atoms with E-state index in [2.05, 4.69) is 5.32 Å². The normalized spacial score (nSPS) is 10.4. The molecule has 0 aliphatic rings. The molecule has 94 valence electrons. The third-order valence-electron chi connectivity index (χ3n) is 2.51. The molecule has 1 nitrogen and oxygen atoms in total. The lowest BCUT2D eigenvalue weighted by molar-refractivity contribution is 0.626. The molecule has 18 heavy (non-hydrogen) atoms. The van der Waals surface area contributed by atoms with Crippen LogP contribution in [0, 0.1) is 5.82 Å². The summed E-state index contributed by atoms with van der Waals surface area (Å²) in [5, 5.41) is 3.65. The number of anilines is 1. The fraction of sp³-hybridized carbons (Fsp3) is 0.143. The maximum Gasteiger partial charge on any atom is 0.125 e. The van der Waals surface area contributed by atoms with Gasteiger partial charge in [0, 0.05) is 22.2 Å². The molecule has 0 atom stereocenters. The van der Waals surface area contributed by atoms with Crippen LogP contribution in [0.1, 0.15) is 5.56 Å². The molecule has 4 heteroatoms. The predicted octanol–water partition coefficient (Wildman–Crippen LogP) is 4.81. The molecule has 0 aromatic heterocycles. The van der Waals surface area contributed by atoms with Crippen LogP contribution in [0.4, 0.5) is 10.1 Å². The number of hydrogen-bond donors (Lipinski definition) is 1. The van der Waals surface area contributed by atoms with E-state index in [0.29, 0.717) is 11.6 Å². The average Bonchev–Trinajstić information content (AvgIpc) is 2.36. The van der Waals surface area contributed by atoms with E-state index < -0.39 is 0 Å². The summed E-state index contributed by atoms with van der Waals surface area (Å²) in [4.78, 5) is 1.22. The Morgan fingerprint density at radius 1 is 1.17 bits per heavy atom. The maximum absolute atomic E-state index is 13.1. The summed E-state index contributed by atoms with van der Waals surface area (Å²) in [7, 11) is 0. The van der Waals surface area contributed by atoms with Crippen molar-refractivity contribution in [1.82, 2.24) is 0 Å². The minimum Gasteiger partial charge on any atom is -0.381 e. The molecule has 0 aliphatic carbocycles. The molecular formula is C14H13ClFNS. The Labute approximate surface area is 115 Å². The molecule has 0 heterocycles. The molecule has 2 rings (SSSR count). The van der Waals surface area contributed by atoms with E-state index in [9.17, 15) is 4.39 Å². The number of hydrogen-bond acceptors (Lipinski definition) is 2. The Hall–Kier alpha value is -1.19. The summed E-state index contributed by atoms with van der Waals surface area (Å²) in [5.41, 5.74) is 1.84. The highest BCUT2D eigenvalue weighted by Crippen LogP contribution is 2.19. The van der Waals surface area contributed by atoms with Crippen LogP contribution in [0.2, 0.25) is 5.02 Å². The first-order chi connectivity index (χ1) is 8.67. The number of nitrogens with one attached hydrogen (secondary N) is 1. The number of rotatable bonds is 4. The lowest BCUT2D eigenvalue weighted by Gasteiger charge is -2.07. The molecule has 0 amide bonds. The Kier molecular flexibility index (Phi) is 4.50. The van der Waals surface area contributed by atoms with E-state index >= 15 is 0 Å². The number of halogens is 2. The second kappa shape index (κ2) is 6.12. The fourth-order valence-electron chi connectivity index (χ4n) is 1.63. The zero-order valence-corrected chi connectivity index (χ0v) is 11.5. The predicted molar refractivity (Wildman–Crippen MR) is 77.0 cm³/mol. The summed E-state index contributed by atoms with van der Waals surface area (Å²) in [6, 6.07) is 12.7. The van der Waals surface area contributed by atoms with Gasteiger partial charge in [-0.2, -0.15) is 0 Å². The van der Waals surface area contributed by atoms with Crippen LogP contribution in [0.5, 0.6) is 0 Å². The molecule has 2 aromatic carbocycles. The summed E-state index contributed by atoms with van der Waals surface area (Å²) in [6.45, 7) is 0.552. The maximum atomic E-state index is 13.1. The van der Waals surface area contributed by atoms with Gasteiger partial charge < -0.3 is 5.32 Å². The van der Waals surface area contributed by atoms with Crippen molar-refractivity contribution >= 4 is 29.1 Å². The summed E-state index contributed by atoms with van der Waals surface area (Å²) < 4.78 is 13.1. The lowest BCUT2D eigenvalue weighted by atomic mass is 10.2. The minimum absolute atomic E-state index is 0.308. The van der Waals surface area contributed by atoms with Gasteiger partial charge in [-0.05, 0) is 54.3 Å². The first-order valence-corrected chi connectivity index (χ1v) is 7.10. The van der Waals surface area contributed by atoms with Crippen LogP contribution in [0.3, 0.4) is 0 Å². The average molecular weight is 282 g/mol. The Balaban J connectivity index is 2.01. The zero-order valence-electron chi connectivity index (χ0n) is 9.91. The summed E-state index contributed by atoms with van der Waals surface area (Å²) >= 11 is 7.50. The van der Waals surface area contributed by atoms with Gasteiger partial charge in [-0.15, -0.1) is 11.8 Å². The van der Waals surface area contributed by atoms with Crippen molar-refractivity contribution in [1.29, 1.82) is 0 Å². The van der Waals surface area contributed by atoms with Gasteiger partial charge in [0.15, 0.2) is 0 Å². The highest BCUT2D eigenvalue weighted by molar-refractivity contribution is 7.98. The van der Waals surface area contributed by atoms with Gasteiger partial charge in [-0.1, -0.05) is 11.6 Å². The second-order valence-corrected chi connectivity index (χ2v) is 5.18. The van der Waals surface area contributed by atoms with Crippen LogP contribution in [-0.2, 0) is 6.54 Å². The van der Waals surface area contributed by atoms with E-state index in [4.69, 9.17) is 11.6 Å². The Bertz CT molecular complexity index is 508. The molecule has 0 spiro atoms. The molecule has 0 radical (unpaired) electrons. The van der Waals surface area contributed by atoms with Crippen molar-refractivity contribution in [3.05, 3.63) is 58.9 Å². The van der Waals surface area contributed by atoms with Crippen molar-refractivity contribution in [3.63, 3.8) is 0 Å². The third kappa shape index (κ3) is 3.65. The molecule has 0 fully saturated rings. The fourth-order valence-corrected chi connectivity index (χ4v) is 2.28. The molecule has 0 saturated heterocycles. The zero-order chi connectivity index (χ0) is 13.0. The molecular weight excluding hydrogens is 269 g/mol. The third-order valence-corrected chi connectivity index (χ3v) is 3.47. The van der Waals surface area contributed by atoms with Gasteiger partial charge in [-0.25, -0.2) is 4.39 Å². The van der Waals surface area contributed by atoms with Gasteiger partial charge in [0.1, 0.15) is 5.82 Å². The topological polar surface area (TPSA) is 12.0 Å². The van der Waals surface area contributed by atoms with Crippen molar-refractivity contribution < 1.29 is 4.39 Å². The van der Waals surface area contributed by atoms with Gasteiger partial charge in [0.2, 0.25) is 0 Å². The van der Waals surface area contributed by atoms with Gasteiger partial charge in [0.05, 0.1) is 0 Å². The molecule has 0 aliphatic heterocycles. The SMILES string of the molecule is CSc1ccc(NCc2cc(F)cc(Cl)c2)cc1. The van der Waals surface area contributed by atoms with E-state index in [1.807, 2.05) is 30.5 Å². The molecule has 0 unspecified atom stereocenters. The van der Waals surface area contributed by atoms with E-state index in [0.717, 1.165) is 11.3 Å². The number of benzene rings is 2. The lowest BCUT2D eigenvalue weighted by Crippen LogP contribution is -1.99. The Morgan fingerprint density at radius 2 is 1.89 bits per heavy atom. The van der Waals surface area contributed by atoms with Crippen molar-refractivity contribution in [2.24, 2.45) is 0 Å². The smallest absolute Gasteiger partial charge is 0.125 e. The molecule has 0 bridgehead atoms. The highest BCUT2D eigenvalue weighted by Gasteiger charge is 1.99. The second-order valence-electron chi connectivity index (χ2n) is 3.86. The van der Waals surface area contributed by atoms with Gasteiger partial charge >= 0.3 is 0 Å². The first-order valence-electron chi connectivity index (χ1n) is 5.50. The van der Waals surface area contributed by atoms with Crippen molar-refractivity contribution in [3.8, 4) is 0 Å². The summed E-state index contributed by atoms with van der Waals surface area (Å²) in [5.74, 6) is -0.308. The van der Waals surface area contributed by atoms with Crippen LogP contribution in [-0.4, -0.2) is 6.26 Å². The largest absolute Gasteiger partial charge is 0.381 e. The van der Waals surface area contributed by atoms with Crippen LogP contribution in [0.25, 0.3) is 0 Å². The monoisotopic (exact) mass is 281 g/mol. The minimum atomic E-state index is -0.308. The van der Waals surface area contributed by atoms with Gasteiger partial charge in [0.25, 0.3) is 0 Å². The number of thioether (sulfide) groups is 1. The van der Waals surface area contributed by atoms with Crippen LogP contribution < -0.4 is 5.32 Å². The van der Waals surface area contributed by atoms with Gasteiger partial charge in [-0.3, -0.25) is 0 Å². The molecule has 1 N–H and O–H groups in total. The standard InChI is InChI=1S/C14H13ClFNS/c1-18-14-4-2-13(3-5-14)17-9-10-6-11(15)8-12(16)7-10/h2-8,17H,9H2,1H3. The van der Waals surface area contributed by atoms with Crippen LogP contribution in [0.15, 0.2) is 47.4 Å². The first kappa shape index (κ1) is 13.2. The Morgan fingerprint density at radius 3 is 2.50 bits per heavy atom. The quantitative estimate of drug-likeness (QED) is 0.807.